The Kier molecular flexibility index (Phi) is 4.14. The lowest BCUT2D eigenvalue weighted by Gasteiger charge is -2.04. The molecule has 3 N–H and O–H groups in total. The average molecular weight is 309 g/mol. The molecular weight excluding hydrogens is 297 g/mol. The predicted octanol–water partition coefficient (Wildman–Crippen LogP) is 3.75. The molecule has 8 heteroatoms. The van der Waals surface area contributed by atoms with Crippen LogP contribution in [0.3, 0.4) is 0 Å². The highest BCUT2D eigenvalue weighted by molar-refractivity contribution is 5.57. The highest BCUT2D eigenvalue weighted by Crippen LogP contribution is 2.21. The average Bonchev–Trinajstić information content (AvgIpc) is 2.54. The molecule has 0 bridgehead atoms. The number of nitrogens with two attached hydrogens (primary N) is 1. The highest BCUT2D eigenvalue weighted by atomic mass is 19.1. The first kappa shape index (κ1) is 14.5. The number of rotatable bonds is 4. The van der Waals surface area contributed by atoms with Gasteiger partial charge in [0, 0.05) is 5.69 Å². The summed E-state index contributed by atoms with van der Waals surface area (Å²) >= 11 is 0. The van der Waals surface area contributed by atoms with Crippen molar-refractivity contribution in [2.24, 2.45) is 10.2 Å². The highest BCUT2D eigenvalue weighted by Gasteiger charge is 2.03. The van der Waals surface area contributed by atoms with Gasteiger partial charge in [0.25, 0.3) is 0 Å². The Morgan fingerprint density at radius 1 is 0.826 bits per heavy atom. The number of hydrogen-bond acceptors (Lipinski definition) is 7. The zero-order chi connectivity index (χ0) is 16.1. The molecule has 0 unspecified atom stereocenters. The maximum absolute atomic E-state index is 13.0. The molecule has 1 aromatic heterocycles. The van der Waals surface area contributed by atoms with Crippen LogP contribution in [0.25, 0.3) is 0 Å². The normalized spacial score (nSPS) is 10.8. The summed E-state index contributed by atoms with van der Waals surface area (Å²) in [6, 6.07) is 16.4. The van der Waals surface area contributed by atoms with E-state index in [0.29, 0.717) is 11.4 Å². The Bertz CT molecular complexity index is 799. The summed E-state index contributed by atoms with van der Waals surface area (Å²) in [7, 11) is 0. The molecule has 0 amide bonds. The lowest BCUT2D eigenvalue weighted by atomic mass is 10.3. The third-order valence-corrected chi connectivity index (χ3v) is 2.79. The van der Waals surface area contributed by atoms with E-state index in [0.717, 1.165) is 5.69 Å². The van der Waals surface area contributed by atoms with Crippen molar-refractivity contribution in [2.45, 2.75) is 0 Å². The van der Waals surface area contributed by atoms with Crippen LogP contribution in [-0.2, 0) is 0 Å². The second kappa shape index (κ2) is 6.56. The number of hydrogen-bond donors (Lipinski definition) is 2. The topological polar surface area (TPSA) is 101 Å². The Balaban J connectivity index is 1.71. The first-order chi connectivity index (χ1) is 11.2. The van der Waals surface area contributed by atoms with Crippen molar-refractivity contribution in [1.29, 1.82) is 0 Å². The SMILES string of the molecule is Nc1nc(F)nc(Nc2ccc(/N=N/c3ccccc3)cc2)n1. The van der Waals surface area contributed by atoms with Crippen LogP contribution >= 0.6 is 0 Å². The van der Waals surface area contributed by atoms with E-state index >= 15 is 0 Å². The molecule has 0 saturated carbocycles. The van der Waals surface area contributed by atoms with Crippen molar-refractivity contribution in [1.82, 2.24) is 15.0 Å². The van der Waals surface area contributed by atoms with Crippen LogP contribution in [0.4, 0.5) is 33.3 Å². The summed E-state index contributed by atoms with van der Waals surface area (Å²) in [4.78, 5) is 10.6. The fraction of sp³-hybridized carbons (Fsp3) is 0. The van der Waals surface area contributed by atoms with Crippen molar-refractivity contribution in [3.63, 3.8) is 0 Å². The Morgan fingerprint density at radius 3 is 2.13 bits per heavy atom. The first-order valence-corrected chi connectivity index (χ1v) is 6.70. The van der Waals surface area contributed by atoms with Crippen LogP contribution in [-0.4, -0.2) is 15.0 Å². The standard InChI is InChI=1S/C15H12FN7/c16-13-19-14(17)21-15(20-13)18-10-6-8-12(9-7-10)23-22-11-4-2-1-3-5-11/h1-9H,(H3,17,18,19,20,21)/b23-22+. The second-order valence-corrected chi connectivity index (χ2v) is 4.49. The fourth-order valence-electron chi connectivity index (χ4n) is 1.77. The van der Waals surface area contributed by atoms with Crippen LogP contribution in [0.5, 0.6) is 0 Å². The Hall–Kier alpha value is -3.42. The lowest BCUT2D eigenvalue weighted by molar-refractivity contribution is 0.537. The quantitative estimate of drug-likeness (QED) is 0.715. The molecule has 0 radical (unpaired) electrons. The van der Waals surface area contributed by atoms with Gasteiger partial charge in [-0.15, -0.1) is 0 Å². The molecule has 0 spiro atoms. The van der Waals surface area contributed by atoms with Crippen molar-refractivity contribution in [2.75, 3.05) is 11.1 Å². The van der Waals surface area contributed by atoms with Gasteiger partial charge in [0.2, 0.25) is 11.9 Å². The second-order valence-electron chi connectivity index (χ2n) is 4.49. The minimum atomic E-state index is -0.937. The van der Waals surface area contributed by atoms with Gasteiger partial charge in [0.15, 0.2) is 0 Å². The van der Waals surface area contributed by atoms with Gasteiger partial charge >= 0.3 is 6.08 Å². The van der Waals surface area contributed by atoms with E-state index in [1.54, 1.807) is 24.3 Å². The van der Waals surface area contributed by atoms with Gasteiger partial charge in [0.1, 0.15) is 0 Å². The van der Waals surface area contributed by atoms with E-state index in [1.807, 2.05) is 30.3 Å². The largest absolute Gasteiger partial charge is 0.368 e. The molecule has 0 atom stereocenters. The number of benzene rings is 2. The maximum Gasteiger partial charge on any atom is 0.315 e. The monoisotopic (exact) mass is 309 g/mol. The smallest absolute Gasteiger partial charge is 0.315 e. The molecule has 0 fully saturated rings. The van der Waals surface area contributed by atoms with Crippen molar-refractivity contribution < 1.29 is 4.39 Å². The van der Waals surface area contributed by atoms with Gasteiger partial charge in [-0.1, -0.05) is 18.2 Å². The predicted molar refractivity (Wildman–Crippen MR) is 84.5 cm³/mol. The molecule has 0 aliphatic carbocycles. The molecule has 7 nitrogen and oxygen atoms in total. The molecule has 114 valence electrons. The van der Waals surface area contributed by atoms with E-state index < -0.39 is 6.08 Å². The van der Waals surface area contributed by atoms with E-state index in [9.17, 15) is 4.39 Å². The molecule has 3 rings (SSSR count). The summed E-state index contributed by atoms with van der Waals surface area (Å²) < 4.78 is 13.0. The van der Waals surface area contributed by atoms with E-state index in [2.05, 4.69) is 30.5 Å². The maximum atomic E-state index is 13.0. The summed E-state index contributed by atoms with van der Waals surface area (Å²) in [6.07, 6.45) is -0.937. The van der Waals surface area contributed by atoms with E-state index in [4.69, 9.17) is 5.73 Å². The van der Waals surface area contributed by atoms with Gasteiger partial charge in [-0.25, -0.2) is 0 Å². The summed E-state index contributed by atoms with van der Waals surface area (Å²) in [5.41, 5.74) is 7.47. The number of aromatic nitrogens is 3. The van der Waals surface area contributed by atoms with Crippen molar-refractivity contribution in [3.05, 3.63) is 60.7 Å². The van der Waals surface area contributed by atoms with E-state index in [-0.39, 0.29) is 11.9 Å². The minimum absolute atomic E-state index is 0.0358. The number of halogens is 1. The molecule has 23 heavy (non-hydrogen) atoms. The summed E-state index contributed by atoms with van der Waals surface area (Å²) in [5.74, 6) is -0.151. The molecule has 3 aromatic rings. The number of nitrogens with zero attached hydrogens (tertiary/aromatic N) is 5. The molecule has 2 aromatic carbocycles. The van der Waals surface area contributed by atoms with Crippen molar-refractivity contribution in [3.8, 4) is 0 Å². The Labute approximate surface area is 131 Å². The Morgan fingerprint density at radius 2 is 1.48 bits per heavy atom. The third kappa shape index (κ3) is 4.03. The van der Waals surface area contributed by atoms with Crippen LogP contribution in [0.2, 0.25) is 0 Å². The van der Waals surface area contributed by atoms with E-state index in [1.165, 1.54) is 0 Å². The number of nitrogen functional groups attached to an aromatic ring is 1. The van der Waals surface area contributed by atoms with Gasteiger partial charge in [-0.3, -0.25) is 0 Å². The zero-order valence-electron chi connectivity index (χ0n) is 11.9. The molecular formula is C15H12FN7. The molecule has 0 saturated heterocycles. The number of azo groups is 1. The molecule has 1 heterocycles. The van der Waals surface area contributed by atoms with Gasteiger partial charge in [-0.05, 0) is 36.4 Å². The van der Waals surface area contributed by atoms with Crippen LogP contribution in [0, 0.1) is 6.08 Å². The van der Waals surface area contributed by atoms with Crippen LogP contribution in [0.15, 0.2) is 64.8 Å². The molecule has 0 aliphatic rings. The summed E-state index contributed by atoms with van der Waals surface area (Å²) in [6.45, 7) is 0. The van der Waals surface area contributed by atoms with Gasteiger partial charge < -0.3 is 11.1 Å². The van der Waals surface area contributed by atoms with Gasteiger partial charge in [-0.2, -0.15) is 29.6 Å². The fourth-order valence-corrected chi connectivity index (χ4v) is 1.77. The first-order valence-electron chi connectivity index (χ1n) is 6.70. The zero-order valence-corrected chi connectivity index (χ0v) is 11.9. The summed E-state index contributed by atoms with van der Waals surface area (Å²) in [5, 5.41) is 11.1. The number of nitrogens with one attached hydrogen (secondary N) is 1. The number of anilines is 3. The lowest BCUT2D eigenvalue weighted by Crippen LogP contribution is -2.05. The van der Waals surface area contributed by atoms with Crippen LogP contribution < -0.4 is 11.1 Å². The molecule has 0 aliphatic heterocycles. The third-order valence-electron chi connectivity index (χ3n) is 2.79. The van der Waals surface area contributed by atoms with Gasteiger partial charge in [0.05, 0.1) is 11.4 Å². The van der Waals surface area contributed by atoms with Crippen LogP contribution in [0.1, 0.15) is 0 Å². The van der Waals surface area contributed by atoms with Crippen molar-refractivity contribution >= 4 is 29.0 Å². The minimum Gasteiger partial charge on any atom is -0.368 e.